The minimum absolute atomic E-state index is 0.0535. The lowest BCUT2D eigenvalue weighted by Gasteiger charge is -2.17. The summed E-state index contributed by atoms with van der Waals surface area (Å²) in [5.41, 5.74) is 3.11. The van der Waals surface area contributed by atoms with E-state index >= 15 is 0 Å². The van der Waals surface area contributed by atoms with E-state index in [-0.39, 0.29) is 5.91 Å². The van der Waals surface area contributed by atoms with Crippen LogP contribution in [0.2, 0.25) is 0 Å². The number of carbonyl (C=O) groups excluding carboxylic acids is 1. The van der Waals surface area contributed by atoms with Crippen molar-refractivity contribution in [2.45, 2.75) is 32.7 Å². The predicted molar refractivity (Wildman–Crippen MR) is 75.0 cm³/mol. The van der Waals surface area contributed by atoms with Crippen LogP contribution in [0.4, 0.5) is 11.4 Å². The molecule has 1 aliphatic rings. The molecule has 1 aromatic carbocycles. The van der Waals surface area contributed by atoms with Gasteiger partial charge in [0.15, 0.2) is 0 Å². The number of rotatable bonds is 4. The Kier molecular flexibility index (Phi) is 4.20. The number of nitrogens with one attached hydrogen (secondary N) is 3. The molecule has 0 aliphatic carbocycles. The molecule has 0 aromatic heterocycles. The second kappa shape index (κ2) is 5.87. The van der Waals surface area contributed by atoms with E-state index in [1.54, 1.807) is 0 Å². The van der Waals surface area contributed by atoms with E-state index in [1.165, 1.54) is 0 Å². The first-order valence-electron chi connectivity index (χ1n) is 6.57. The Morgan fingerprint density at radius 1 is 1.44 bits per heavy atom. The molecule has 98 valence electrons. The first kappa shape index (κ1) is 12.9. The zero-order valence-electron chi connectivity index (χ0n) is 11.0. The highest BCUT2D eigenvalue weighted by atomic mass is 16.1. The Labute approximate surface area is 108 Å². The van der Waals surface area contributed by atoms with Crippen LogP contribution in [0, 0.1) is 6.92 Å². The maximum absolute atomic E-state index is 11.4. The topological polar surface area (TPSA) is 53.2 Å². The standard InChI is InChI=1S/C14H21N3O/c1-3-14(18)17-13-6-4-5-12(10(13)2)16-11-7-8-15-9-11/h4-6,11,15-16H,3,7-9H2,1-2H3,(H,17,18). The highest BCUT2D eigenvalue weighted by molar-refractivity contribution is 5.92. The Morgan fingerprint density at radius 2 is 2.22 bits per heavy atom. The van der Waals surface area contributed by atoms with E-state index in [4.69, 9.17) is 0 Å². The summed E-state index contributed by atoms with van der Waals surface area (Å²) in [7, 11) is 0. The van der Waals surface area contributed by atoms with Crippen molar-refractivity contribution in [1.82, 2.24) is 5.32 Å². The van der Waals surface area contributed by atoms with Crippen molar-refractivity contribution < 1.29 is 4.79 Å². The summed E-state index contributed by atoms with van der Waals surface area (Å²) in [6.07, 6.45) is 1.65. The summed E-state index contributed by atoms with van der Waals surface area (Å²) < 4.78 is 0. The smallest absolute Gasteiger partial charge is 0.224 e. The summed E-state index contributed by atoms with van der Waals surface area (Å²) in [5.74, 6) is 0.0535. The van der Waals surface area contributed by atoms with Gasteiger partial charge in [0, 0.05) is 30.4 Å². The van der Waals surface area contributed by atoms with Crippen molar-refractivity contribution in [3.8, 4) is 0 Å². The molecule has 18 heavy (non-hydrogen) atoms. The van der Waals surface area contributed by atoms with Crippen molar-refractivity contribution >= 4 is 17.3 Å². The minimum Gasteiger partial charge on any atom is -0.381 e. The van der Waals surface area contributed by atoms with Gasteiger partial charge in [0.2, 0.25) is 5.91 Å². The van der Waals surface area contributed by atoms with Crippen molar-refractivity contribution in [2.24, 2.45) is 0 Å². The zero-order valence-corrected chi connectivity index (χ0v) is 11.0. The third kappa shape index (κ3) is 3.01. The maximum atomic E-state index is 11.4. The number of amides is 1. The normalized spacial score (nSPS) is 18.7. The van der Waals surface area contributed by atoms with Gasteiger partial charge in [-0.25, -0.2) is 0 Å². The molecule has 1 aliphatic heterocycles. The van der Waals surface area contributed by atoms with Gasteiger partial charge in [-0.15, -0.1) is 0 Å². The molecular weight excluding hydrogens is 226 g/mol. The van der Waals surface area contributed by atoms with Gasteiger partial charge in [-0.1, -0.05) is 13.0 Å². The van der Waals surface area contributed by atoms with Crippen molar-refractivity contribution in [3.05, 3.63) is 23.8 Å². The van der Waals surface area contributed by atoms with Gasteiger partial charge in [0.1, 0.15) is 0 Å². The van der Waals surface area contributed by atoms with E-state index < -0.39 is 0 Å². The highest BCUT2D eigenvalue weighted by Gasteiger charge is 2.15. The number of anilines is 2. The molecule has 0 bridgehead atoms. The molecule has 1 unspecified atom stereocenters. The Bertz CT molecular complexity index is 425. The molecular formula is C14H21N3O. The van der Waals surface area contributed by atoms with Gasteiger partial charge < -0.3 is 16.0 Å². The molecule has 1 atom stereocenters. The molecule has 3 N–H and O–H groups in total. The molecule has 0 radical (unpaired) electrons. The molecule has 0 spiro atoms. The number of carbonyl (C=O) groups is 1. The molecule has 1 aromatic rings. The van der Waals surface area contributed by atoms with E-state index in [1.807, 2.05) is 26.0 Å². The summed E-state index contributed by atoms with van der Waals surface area (Å²) >= 11 is 0. The monoisotopic (exact) mass is 247 g/mol. The molecule has 1 heterocycles. The Morgan fingerprint density at radius 3 is 2.89 bits per heavy atom. The van der Waals surface area contributed by atoms with Gasteiger partial charge in [-0.3, -0.25) is 4.79 Å². The highest BCUT2D eigenvalue weighted by Crippen LogP contribution is 2.24. The molecule has 1 fully saturated rings. The maximum Gasteiger partial charge on any atom is 0.224 e. The third-order valence-electron chi connectivity index (χ3n) is 3.35. The van der Waals surface area contributed by atoms with Crippen LogP contribution in [0.3, 0.4) is 0 Å². The average Bonchev–Trinajstić information content (AvgIpc) is 2.87. The molecule has 4 nitrogen and oxygen atoms in total. The number of hydrogen-bond acceptors (Lipinski definition) is 3. The molecule has 1 saturated heterocycles. The van der Waals surface area contributed by atoms with Gasteiger partial charge >= 0.3 is 0 Å². The zero-order chi connectivity index (χ0) is 13.0. The van der Waals surface area contributed by atoms with E-state index in [9.17, 15) is 4.79 Å². The molecule has 2 rings (SSSR count). The number of benzene rings is 1. The lowest BCUT2D eigenvalue weighted by Crippen LogP contribution is -2.22. The largest absolute Gasteiger partial charge is 0.381 e. The summed E-state index contributed by atoms with van der Waals surface area (Å²) in [6, 6.07) is 6.47. The van der Waals surface area contributed by atoms with Crippen LogP contribution >= 0.6 is 0 Å². The van der Waals surface area contributed by atoms with E-state index in [2.05, 4.69) is 22.0 Å². The minimum atomic E-state index is 0.0535. The average molecular weight is 247 g/mol. The summed E-state index contributed by atoms with van der Waals surface area (Å²) in [4.78, 5) is 11.4. The Hall–Kier alpha value is -1.55. The SMILES string of the molecule is CCC(=O)Nc1cccc(NC2CCNC2)c1C. The predicted octanol–water partition coefficient (Wildman–Crippen LogP) is 2.12. The first-order chi connectivity index (χ1) is 8.70. The quantitative estimate of drug-likeness (QED) is 0.764. The first-order valence-corrected chi connectivity index (χ1v) is 6.57. The fourth-order valence-electron chi connectivity index (χ4n) is 2.16. The van der Waals surface area contributed by atoms with Crippen LogP contribution in [0.5, 0.6) is 0 Å². The van der Waals surface area contributed by atoms with Gasteiger partial charge in [0.05, 0.1) is 0 Å². The van der Waals surface area contributed by atoms with Crippen molar-refractivity contribution in [1.29, 1.82) is 0 Å². The van der Waals surface area contributed by atoms with Gasteiger partial charge in [-0.05, 0) is 37.6 Å². The van der Waals surface area contributed by atoms with E-state index in [0.717, 1.165) is 36.4 Å². The lowest BCUT2D eigenvalue weighted by molar-refractivity contribution is -0.115. The summed E-state index contributed by atoms with van der Waals surface area (Å²) in [5, 5.41) is 9.79. The molecule has 1 amide bonds. The molecule has 0 saturated carbocycles. The second-order valence-corrected chi connectivity index (χ2v) is 4.71. The summed E-state index contributed by atoms with van der Waals surface area (Å²) in [6.45, 7) is 5.97. The van der Waals surface area contributed by atoms with Gasteiger partial charge in [0.25, 0.3) is 0 Å². The van der Waals surface area contributed by atoms with E-state index in [0.29, 0.717) is 12.5 Å². The van der Waals surface area contributed by atoms with Crippen LogP contribution < -0.4 is 16.0 Å². The van der Waals surface area contributed by atoms with Crippen molar-refractivity contribution in [3.63, 3.8) is 0 Å². The van der Waals surface area contributed by atoms with Crippen LogP contribution in [0.15, 0.2) is 18.2 Å². The fourth-order valence-corrected chi connectivity index (χ4v) is 2.16. The van der Waals surface area contributed by atoms with Crippen LogP contribution in [0.25, 0.3) is 0 Å². The van der Waals surface area contributed by atoms with Crippen molar-refractivity contribution in [2.75, 3.05) is 23.7 Å². The van der Waals surface area contributed by atoms with Crippen LogP contribution in [0.1, 0.15) is 25.3 Å². The third-order valence-corrected chi connectivity index (χ3v) is 3.35. The number of hydrogen-bond donors (Lipinski definition) is 3. The lowest BCUT2D eigenvalue weighted by atomic mass is 10.1. The Balaban J connectivity index is 2.10. The van der Waals surface area contributed by atoms with Crippen LogP contribution in [-0.2, 0) is 4.79 Å². The molecule has 4 heteroatoms. The van der Waals surface area contributed by atoms with Crippen LogP contribution in [-0.4, -0.2) is 25.0 Å². The second-order valence-electron chi connectivity index (χ2n) is 4.71. The van der Waals surface area contributed by atoms with Gasteiger partial charge in [-0.2, -0.15) is 0 Å². The fraction of sp³-hybridized carbons (Fsp3) is 0.500.